The Morgan fingerprint density at radius 3 is 3.00 bits per heavy atom. The van der Waals surface area contributed by atoms with Crippen molar-refractivity contribution in [2.45, 2.75) is 6.92 Å². The second-order valence-corrected chi connectivity index (χ2v) is 3.38. The molecule has 81 valence electrons. The van der Waals surface area contributed by atoms with Crippen molar-refractivity contribution in [3.8, 4) is 5.75 Å². The first-order valence-electron chi connectivity index (χ1n) is 5.33. The van der Waals surface area contributed by atoms with E-state index in [2.05, 4.69) is 5.32 Å². The first-order chi connectivity index (χ1) is 7.42. The predicted octanol–water partition coefficient (Wildman–Crippen LogP) is 1.59. The van der Waals surface area contributed by atoms with Gasteiger partial charge in [-0.15, -0.1) is 0 Å². The Morgan fingerprint density at radius 2 is 2.27 bits per heavy atom. The summed E-state index contributed by atoms with van der Waals surface area (Å²) in [6, 6.07) is 7.99. The summed E-state index contributed by atoms with van der Waals surface area (Å²) in [7, 11) is 0. The summed E-state index contributed by atoms with van der Waals surface area (Å²) in [6.45, 7) is 5.10. The molecule has 0 amide bonds. The molecule has 1 aromatic rings. The zero-order chi connectivity index (χ0) is 10.5. The molecule has 15 heavy (non-hydrogen) atoms. The lowest BCUT2D eigenvalue weighted by Crippen LogP contribution is -2.34. The molecule has 0 atom stereocenters. The van der Waals surface area contributed by atoms with Crippen LogP contribution in [-0.4, -0.2) is 26.3 Å². The van der Waals surface area contributed by atoms with Gasteiger partial charge in [-0.1, -0.05) is 18.2 Å². The van der Waals surface area contributed by atoms with Crippen molar-refractivity contribution in [2.75, 3.05) is 26.3 Å². The molecule has 1 saturated heterocycles. The van der Waals surface area contributed by atoms with Gasteiger partial charge in [-0.25, -0.2) is 0 Å². The van der Waals surface area contributed by atoms with E-state index in [-0.39, 0.29) is 0 Å². The Labute approximate surface area is 90.4 Å². The standard InChI is InChI=1S/C12H16NO2/c1-2-14-11-6-4-3-5-10(11)12-9-13-7-8-15-12/h3-6,13H,2,7-9H2,1H3. The van der Waals surface area contributed by atoms with Gasteiger partial charge < -0.3 is 14.8 Å². The molecule has 0 bridgehead atoms. The van der Waals surface area contributed by atoms with Crippen LogP contribution in [0.25, 0.3) is 0 Å². The molecule has 3 heteroatoms. The molecule has 0 spiro atoms. The summed E-state index contributed by atoms with van der Waals surface area (Å²) in [4.78, 5) is 0. The van der Waals surface area contributed by atoms with E-state index in [0.29, 0.717) is 6.61 Å². The van der Waals surface area contributed by atoms with Gasteiger partial charge >= 0.3 is 0 Å². The molecule has 1 heterocycles. The average molecular weight is 206 g/mol. The number of rotatable bonds is 3. The van der Waals surface area contributed by atoms with Gasteiger partial charge in [-0.2, -0.15) is 0 Å². The molecule has 3 nitrogen and oxygen atoms in total. The molecule has 1 aliphatic rings. The summed E-state index contributed by atoms with van der Waals surface area (Å²) >= 11 is 0. The van der Waals surface area contributed by atoms with Gasteiger partial charge in [0, 0.05) is 18.7 Å². The molecule has 2 rings (SSSR count). The van der Waals surface area contributed by atoms with Gasteiger partial charge in [0.25, 0.3) is 0 Å². The first-order valence-corrected chi connectivity index (χ1v) is 5.33. The van der Waals surface area contributed by atoms with Crippen molar-refractivity contribution in [1.82, 2.24) is 5.32 Å². The average Bonchev–Trinajstić information content (AvgIpc) is 2.31. The summed E-state index contributed by atoms with van der Waals surface area (Å²) in [6.07, 6.45) is 0.977. The summed E-state index contributed by atoms with van der Waals surface area (Å²) in [5.41, 5.74) is 1.06. The second-order valence-electron chi connectivity index (χ2n) is 3.38. The van der Waals surface area contributed by atoms with Crippen LogP contribution < -0.4 is 10.1 Å². The third kappa shape index (κ3) is 2.49. The Kier molecular flexibility index (Phi) is 3.59. The lowest BCUT2D eigenvalue weighted by Gasteiger charge is -2.24. The zero-order valence-corrected chi connectivity index (χ0v) is 8.95. The molecule has 0 aromatic heterocycles. The van der Waals surface area contributed by atoms with Crippen LogP contribution in [0.15, 0.2) is 24.3 Å². The molecule has 1 fully saturated rings. The van der Waals surface area contributed by atoms with Gasteiger partial charge in [-0.3, -0.25) is 0 Å². The SMILES string of the molecule is CCOc1ccccc1[C]1CNCCO1. The van der Waals surface area contributed by atoms with Crippen molar-refractivity contribution >= 4 is 0 Å². The molecular weight excluding hydrogens is 190 g/mol. The molecule has 0 saturated carbocycles. The maximum Gasteiger partial charge on any atom is 0.143 e. The maximum absolute atomic E-state index is 5.63. The minimum absolute atomic E-state index is 0.678. The number of hydrogen-bond acceptors (Lipinski definition) is 3. The van der Waals surface area contributed by atoms with Crippen LogP contribution in [0.1, 0.15) is 12.5 Å². The third-order valence-corrected chi connectivity index (χ3v) is 2.33. The highest BCUT2D eigenvalue weighted by atomic mass is 16.5. The van der Waals surface area contributed by atoms with Gasteiger partial charge in [0.15, 0.2) is 0 Å². The number of ether oxygens (including phenoxy) is 2. The van der Waals surface area contributed by atoms with E-state index < -0.39 is 0 Å². The Balaban J connectivity index is 2.17. The summed E-state index contributed by atoms with van der Waals surface area (Å²) < 4.78 is 11.2. The van der Waals surface area contributed by atoms with Gasteiger partial charge in [0.2, 0.25) is 0 Å². The van der Waals surface area contributed by atoms with Crippen molar-refractivity contribution in [3.63, 3.8) is 0 Å². The number of nitrogens with one attached hydrogen (secondary N) is 1. The Bertz CT molecular complexity index is 308. The fourth-order valence-corrected chi connectivity index (χ4v) is 1.65. The topological polar surface area (TPSA) is 30.5 Å². The van der Waals surface area contributed by atoms with E-state index in [0.717, 1.165) is 37.1 Å². The summed E-state index contributed by atoms with van der Waals surface area (Å²) in [5.74, 6) is 0.902. The molecule has 0 aliphatic carbocycles. The minimum Gasteiger partial charge on any atom is -0.493 e. The fourth-order valence-electron chi connectivity index (χ4n) is 1.65. The number of morpholine rings is 1. The molecular formula is C12H16NO2. The fraction of sp³-hybridized carbons (Fsp3) is 0.417. The normalized spacial score (nSPS) is 17.7. The smallest absolute Gasteiger partial charge is 0.143 e. The zero-order valence-electron chi connectivity index (χ0n) is 8.95. The van der Waals surface area contributed by atoms with Gasteiger partial charge in [0.1, 0.15) is 11.9 Å². The van der Waals surface area contributed by atoms with E-state index in [1.807, 2.05) is 31.2 Å². The highest BCUT2D eigenvalue weighted by Crippen LogP contribution is 2.27. The van der Waals surface area contributed by atoms with Gasteiger partial charge in [-0.05, 0) is 13.0 Å². The van der Waals surface area contributed by atoms with Crippen molar-refractivity contribution < 1.29 is 9.47 Å². The van der Waals surface area contributed by atoms with Crippen LogP contribution in [-0.2, 0) is 4.74 Å². The van der Waals surface area contributed by atoms with Crippen LogP contribution in [0.5, 0.6) is 5.75 Å². The molecule has 1 aromatic carbocycles. The Morgan fingerprint density at radius 1 is 1.40 bits per heavy atom. The van der Waals surface area contributed by atoms with Crippen molar-refractivity contribution in [3.05, 3.63) is 35.9 Å². The van der Waals surface area contributed by atoms with E-state index >= 15 is 0 Å². The highest BCUT2D eigenvalue weighted by molar-refractivity contribution is 5.42. The monoisotopic (exact) mass is 206 g/mol. The van der Waals surface area contributed by atoms with Crippen LogP contribution in [0, 0.1) is 6.10 Å². The van der Waals surface area contributed by atoms with Crippen molar-refractivity contribution in [1.29, 1.82) is 0 Å². The molecule has 1 aliphatic heterocycles. The highest BCUT2D eigenvalue weighted by Gasteiger charge is 2.20. The molecule has 0 unspecified atom stereocenters. The molecule has 1 radical (unpaired) electrons. The van der Waals surface area contributed by atoms with Crippen LogP contribution >= 0.6 is 0 Å². The summed E-state index contributed by atoms with van der Waals surface area (Å²) in [5, 5.41) is 3.29. The predicted molar refractivity (Wildman–Crippen MR) is 58.8 cm³/mol. The van der Waals surface area contributed by atoms with Crippen LogP contribution in [0.3, 0.4) is 0 Å². The van der Waals surface area contributed by atoms with E-state index in [4.69, 9.17) is 9.47 Å². The second kappa shape index (κ2) is 5.14. The van der Waals surface area contributed by atoms with E-state index in [1.54, 1.807) is 0 Å². The van der Waals surface area contributed by atoms with Crippen molar-refractivity contribution in [2.24, 2.45) is 0 Å². The maximum atomic E-state index is 5.63. The quantitative estimate of drug-likeness (QED) is 0.814. The third-order valence-electron chi connectivity index (χ3n) is 2.33. The Hall–Kier alpha value is -1.06. The van der Waals surface area contributed by atoms with Crippen LogP contribution in [0.2, 0.25) is 0 Å². The molecule has 1 N–H and O–H groups in total. The lowest BCUT2D eigenvalue weighted by molar-refractivity contribution is 0.127. The van der Waals surface area contributed by atoms with E-state index in [9.17, 15) is 0 Å². The first kappa shape index (κ1) is 10.5. The largest absolute Gasteiger partial charge is 0.493 e. The van der Waals surface area contributed by atoms with E-state index in [1.165, 1.54) is 0 Å². The van der Waals surface area contributed by atoms with Gasteiger partial charge in [0.05, 0.1) is 13.2 Å². The number of para-hydroxylation sites is 1. The van der Waals surface area contributed by atoms with Crippen LogP contribution in [0.4, 0.5) is 0 Å². The lowest BCUT2D eigenvalue weighted by atomic mass is 10.1. The number of hydrogen-bond donors (Lipinski definition) is 1. The number of benzene rings is 1. The minimum atomic E-state index is 0.678.